The third kappa shape index (κ3) is 7.54. The van der Waals surface area contributed by atoms with Gasteiger partial charge >= 0.3 is 18.0 Å². The van der Waals surface area contributed by atoms with Crippen LogP contribution in [0, 0.1) is 0 Å². The Morgan fingerprint density at radius 1 is 1.14 bits per heavy atom. The molecule has 1 aliphatic rings. The fourth-order valence-electron chi connectivity index (χ4n) is 3.93. The molecule has 10 heteroatoms. The predicted molar refractivity (Wildman–Crippen MR) is 136 cm³/mol. The summed E-state index contributed by atoms with van der Waals surface area (Å²) in [6.45, 7) is 5.47. The van der Waals surface area contributed by atoms with Gasteiger partial charge < -0.3 is 10.1 Å². The molecular formula is C26H33N5O5. The lowest BCUT2D eigenvalue weighted by atomic mass is 10.2. The van der Waals surface area contributed by atoms with Crippen LogP contribution < -0.4 is 15.5 Å². The van der Waals surface area contributed by atoms with Crippen molar-refractivity contribution in [3.05, 3.63) is 66.4 Å². The Kier molecular flexibility index (Phi) is 9.82. The summed E-state index contributed by atoms with van der Waals surface area (Å²) in [7, 11) is 1.52. The van der Waals surface area contributed by atoms with Crippen LogP contribution in [0.5, 0.6) is 0 Å². The number of para-hydroxylation sites is 1. The van der Waals surface area contributed by atoms with Crippen molar-refractivity contribution < 1.29 is 24.0 Å². The summed E-state index contributed by atoms with van der Waals surface area (Å²) in [5, 5.41) is 6.72. The van der Waals surface area contributed by atoms with E-state index in [-0.39, 0.29) is 31.8 Å². The minimum absolute atomic E-state index is 0.0255. The van der Waals surface area contributed by atoms with E-state index in [0.717, 1.165) is 36.9 Å². The molecule has 10 nitrogen and oxygen atoms in total. The van der Waals surface area contributed by atoms with Gasteiger partial charge in [-0.15, -0.1) is 0 Å². The fourth-order valence-corrected chi connectivity index (χ4v) is 3.93. The second-order valence-electron chi connectivity index (χ2n) is 8.50. The van der Waals surface area contributed by atoms with Gasteiger partial charge in [-0.2, -0.15) is 0 Å². The number of nitrogens with one attached hydrogen (secondary N) is 2. The maximum Gasteiger partial charge on any atom is 0.348 e. The third-order valence-electron chi connectivity index (χ3n) is 5.72. The summed E-state index contributed by atoms with van der Waals surface area (Å²) in [5.74, 6) is -0.187. The number of anilines is 2. The molecule has 36 heavy (non-hydrogen) atoms. The number of hydrogen-bond acceptors (Lipinski definition) is 6. The van der Waals surface area contributed by atoms with Crippen molar-refractivity contribution in [3.63, 3.8) is 0 Å². The summed E-state index contributed by atoms with van der Waals surface area (Å²) in [6, 6.07) is 12.2. The molecule has 2 aromatic rings. The fraction of sp³-hybridized carbons (Fsp3) is 0.385. The van der Waals surface area contributed by atoms with E-state index < -0.39 is 12.0 Å². The third-order valence-corrected chi connectivity index (χ3v) is 5.72. The number of carbonyl (C=O) groups excluding carboxylic acids is 3. The molecule has 4 amide bonds. The minimum Gasteiger partial charge on any atom is -0.460 e. The lowest BCUT2D eigenvalue weighted by molar-refractivity contribution is -0.138. The summed E-state index contributed by atoms with van der Waals surface area (Å²) >= 11 is 0. The maximum absolute atomic E-state index is 13.6. The number of nitrogens with zero attached hydrogens (tertiary/aromatic N) is 3. The Labute approximate surface area is 211 Å². The normalized spacial score (nSPS) is 13.1. The quantitative estimate of drug-likeness (QED) is 0.220. The van der Waals surface area contributed by atoms with Crippen molar-refractivity contribution in [2.75, 3.05) is 30.5 Å². The lowest BCUT2D eigenvalue weighted by Crippen LogP contribution is -2.46. The van der Waals surface area contributed by atoms with Crippen molar-refractivity contribution in [2.24, 2.45) is 0 Å². The molecule has 1 aromatic carbocycles. The monoisotopic (exact) mass is 495 g/mol. The average Bonchev–Trinajstić information content (AvgIpc) is 3.40. The van der Waals surface area contributed by atoms with Gasteiger partial charge in [0.1, 0.15) is 12.4 Å². The van der Waals surface area contributed by atoms with E-state index >= 15 is 0 Å². The highest BCUT2D eigenvalue weighted by atomic mass is 16.7. The number of carbonyl (C=O) groups is 3. The largest absolute Gasteiger partial charge is 0.460 e. The van der Waals surface area contributed by atoms with Crippen molar-refractivity contribution in [2.45, 2.75) is 45.2 Å². The van der Waals surface area contributed by atoms with E-state index in [1.54, 1.807) is 30.2 Å². The zero-order chi connectivity index (χ0) is 25.9. The standard InChI is InChI=1S/C26H33N5O5/c1-19(2)24(32)36-16-15-28-25(33)29-23-17-20(13-14-27-23)18-30(21-9-5-4-6-10-21)26(34)31(35-3)22-11-7-8-12-22/h4-6,9-10,13-14,17,22H,1,7-8,11-12,15-16,18H2,2-3H3,(H2,27,28,29,33). The molecule has 0 saturated heterocycles. The van der Waals surface area contributed by atoms with Crippen LogP contribution in [-0.4, -0.2) is 54.4 Å². The van der Waals surface area contributed by atoms with Gasteiger partial charge in [0.25, 0.3) is 0 Å². The predicted octanol–water partition coefficient (Wildman–Crippen LogP) is 4.26. The first-order valence-corrected chi connectivity index (χ1v) is 11.9. The molecule has 3 rings (SSSR count). The topological polar surface area (TPSA) is 113 Å². The molecule has 0 aliphatic heterocycles. The summed E-state index contributed by atoms with van der Waals surface area (Å²) < 4.78 is 4.95. The van der Waals surface area contributed by atoms with Crippen LogP contribution in [0.2, 0.25) is 0 Å². The number of urea groups is 2. The average molecular weight is 496 g/mol. The van der Waals surface area contributed by atoms with Gasteiger partial charge in [-0.1, -0.05) is 37.6 Å². The number of hydrogen-bond donors (Lipinski definition) is 2. The molecule has 0 atom stereocenters. The Balaban J connectivity index is 1.66. The Morgan fingerprint density at radius 3 is 2.53 bits per heavy atom. The highest BCUT2D eigenvalue weighted by molar-refractivity contribution is 5.92. The van der Waals surface area contributed by atoms with Gasteiger partial charge in [0.15, 0.2) is 0 Å². The van der Waals surface area contributed by atoms with Crippen molar-refractivity contribution in [1.82, 2.24) is 15.4 Å². The molecule has 1 aliphatic carbocycles. The molecule has 2 N–H and O–H groups in total. The molecule has 1 saturated carbocycles. The second kappa shape index (κ2) is 13.2. The molecule has 1 aromatic heterocycles. The van der Waals surface area contributed by atoms with E-state index in [1.165, 1.54) is 12.2 Å². The number of esters is 1. The first kappa shape index (κ1) is 26.7. The molecule has 1 heterocycles. The van der Waals surface area contributed by atoms with Crippen LogP contribution in [-0.2, 0) is 20.9 Å². The smallest absolute Gasteiger partial charge is 0.348 e. The van der Waals surface area contributed by atoms with Crippen LogP contribution in [0.15, 0.2) is 60.8 Å². The van der Waals surface area contributed by atoms with Crippen molar-refractivity contribution in [1.29, 1.82) is 0 Å². The van der Waals surface area contributed by atoms with Gasteiger partial charge in [-0.05, 0) is 49.6 Å². The van der Waals surface area contributed by atoms with Crippen LogP contribution >= 0.6 is 0 Å². The van der Waals surface area contributed by atoms with Gasteiger partial charge in [0.2, 0.25) is 0 Å². The van der Waals surface area contributed by atoms with Gasteiger partial charge in [-0.25, -0.2) is 24.4 Å². The molecular weight excluding hydrogens is 462 g/mol. The van der Waals surface area contributed by atoms with E-state index in [9.17, 15) is 14.4 Å². The molecule has 0 bridgehead atoms. The van der Waals surface area contributed by atoms with Crippen LogP contribution in [0.3, 0.4) is 0 Å². The van der Waals surface area contributed by atoms with Crippen LogP contribution in [0.1, 0.15) is 38.2 Å². The summed E-state index contributed by atoms with van der Waals surface area (Å²) in [6.07, 6.45) is 5.53. The van der Waals surface area contributed by atoms with Crippen LogP contribution in [0.25, 0.3) is 0 Å². The maximum atomic E-state index is 13.6. The van der Waals surface area contributed by atoms with Gasteiger partial charge in [-0.3, -0.25) is 15.1 Å². The first-order valence-electron chi connectivity index (χ1n) is 11.9. The highest BCUT2D eigenvalue weighted by Crippen LogP contribution is 2.27. The SMILES string of the molecule is C=C(C)C(=O)OCCNC(=O)Nc1cc(CN(C(=O)N(OC)C2CCCC2)c2ccccc2)ccn1. The Morgan fingerprint density at radius 2 is 1.86 bits per heavy atom. The zero-order valence-electron chi connectivity index (χ0n) is 20.7. The van der Waals surface area contributed by atoms with E-state index in [1.807, 2.05) is 30.3 Å². The Hall–Kier alpha value is -3.92. The summed E-state index contributed by atoms with van der Waals surface area (Å²) in [5.41, 5.74) is 1.80. The van der Waals surface area contributed by atoms with E-state index in [2.05, 4.69) is 22.2 Å². The van der Waals surface area contributed by atoms with E-state index in [0.29, 0.717) is 11.4 Å². The number of ether oxygens (including phenoxy) is 1. The number of benzene rings is 1. The van der Waals surface area contributed by atoms with Crippen LogP contribution in [0.4, 0.5) is 21.1 Å². The van der Waals surface area contributed by atoms with Crippen molar-refractivity contribution in [3.8, 4) is 0 Å². The van der Waals surface area contributed by atoms with Crippen molar-refractivity contribution >= 4 is 29.5 Å². The summed E-state index contributed by atoms with van der Waals surface area (Å²) in [4.78, 5) is 48.5. The van der Waals surface area contributed by atoms with E-state index in [4.69, 9.17) is 9.57 Å². The number of rotatable bonds is 10. The highest BCUT2D eigenvalue weighted by Gasteiger charge is 2.31. The number of hydroxylamine groups is 2. The first-order chi connectivity index (χ1) is 17.4. The number of amides is 4. The zero-order valence-corrected chi connectivity index (χ0v) is 20.7. The Bertz CT molecular complexity index is 1060. The van der Waals surface area contributed by atoms with Gasteiger partial charge in [0, 0.05) is 17.5 Å². The number of pyridine rings is 1. The molecule has 0 spiro atoms. The second-order valence-corrected chi connectivity index (χ2v) is 8.50. The molecule has 0 radical (unpaired) electrons. The molecule has 1 fully saturated rings. The molecule has 192 valence electrons. The van der Waals surface area contributed by atoms with Gasteiger partial charge in [0.05, 0.1) is 26.2 Å². The number of aromatic nitrogens is 1. The lowest BCUT2D eigenvalue weighted by Gasteiger charge is -2.32. The minimum atomic E-state index is -0.510. The molecule has 0 unspecified atom stereocenters.